The van der Waals surface area contributed by atoms with Gasteiger partial charge < -0.3 is 16.0 Å². The molecule has 1 fully saturated rings. The first kappa shape index (κ1) is 24.5. The lowest BCUT2D eigenvalue weighted by Gasteiger charge is -2.39. The molecule has 2 rings (SSSR count). The molecule has 1 heterocycles. The number of rotatable bonds is 7. The van der Waals surface area contributed by atoms with Gasteiger partial charge in [0, 0.05) is 42.7 Å². The molecule has 2 atom stereocenters. The van der Waals surface area contributed by atoms with Gasteiger partial charge in [0.25, 0.3) is 0 Å². The van der Waals surface area contributed by atoms with Crippen LogP contribution in [0.1, 0.15) is 52.1 Å². The van der Waals surface area contributed by atoms with Crippen molar-refractivity contribution in [3.8, 4) is 0 Å². The molecule has 1 aromatic rings. The summed E-state index contributed by atoms with van der Waals surface area (Å²) in [5.41, 5.74) is 0.883. The number of nitrogens with zero attached hydrogens (tertiary/aromatic N) is 2. The van der Waals surface area contributed by atoms with Crippen LogP contribution >= 0.6 is 11.6 Å². The van der Waals surface area contributed by atoms with Crippen LogP contribution in [-0.4, -0.2) is 56.5 Å². The molecule has 6 nitrogen and oxygen atoms in total. The van der Waals surface area contributed by atoms with Crippen LogP contribution in [0.4, 0.5) is 0 Å². The third-order valence-electron chi connectivity index (χ3n) is 5.41. The van der Waals surface area contributed by atoms with Crippen molar-refractivity contribution in [2.75, 3.05) is 39.8 Å². The van der Waals surface area contributed by atoms with Crippen LogP contribution in [0.15, 0.2) is 29.3 Å². The number of halogens is 1. The third kappa shape index (κ3) is 7.47. The number of likely N-dealkylation sites (tertiary alicyclic amines) is 1. The van der Waals surface area contributed by atoms with Crippen LogP contribution in [0.5, 0.6) is 0 Å². The molecule has 0 spiro atoms. The van der Waals surface area contributed by atoms with Crippen LogP contribution < -0.4 is 16.0 Å². The minimum atomic E-state index is -0.374. The highest BCUT2D eigenvalue weighted by Gasteiger charge is 2.30. The molecule has 1 aliphatic rings. The fraction of sp³-hybridized carbons (Fsp3) is 0.652. The van der Waals surface area contributed by atoms with Crippen molar-refractivity contribution < 1.29 is 4.79 Å². The van der Waals surface area contributed by atoms with Crippen molar-refractivity contribution >= 4 is 23.5 Å². The van der Waals surface area contributed by atoms with Gasteiger partial charge in [0.05, 0.1) is 0 Å². The average molecular weight is 436 g/mol. The van der Waals surface area contributed by atoms with Gasteiger partial charge in [-0.05, 0) is 57.0 Å². The van der Waals surface area contributed by atoms with Crippen molar-refractivity contribution in [1.29, 1.82) is 0 Å². The van der Waals surface area contributed by atoms with E-state index in [1.165, 1.54) is 12.0 Å². The van der Waals surface area contributed by atoms with Gasteiger partial charge in [-0.15, -0.1) is 0 Å². The quantitative estimate of drug-likeness (QED) is 0.348. The van der Waals surface area contributed by atoms with E-state index in [1.807, 2.05) is 32.9 Å². The lowest BCUT2D eigenvalue weighted by atomic mass is 9.85. The maximum absolute atomic E-state index is 12.0. The summed E-state index contributed by atoms with van der Waals surface area (Å²) in [6.07, 6.45) is 2.32. The Labute approximate surface area is 186 Å². The van der Waals surface area contributed by atoms with E-state index in [4.69, 9.17) is 16.6 Å². The maximum atomic E-state index is 12.0. The molecule has 168 valence electrons. The molecule has 1 aromatic carbocycles. The molecule has 0 radical (unpaired) electrons. The predicted octanol–water partition coefficient (Wildman–Crippen LogP) is 3.44. The second kappa shape index (κ2) is 11.6. The van der Waals surface area contributed by atoms with E-state index in [0.29, 0.717) is 25.0 Å². The number of hydrogen-bond donors (Lipinski definition) is 3. The van der Waals surface area contributed by atoms with Gasteiger partial charge in [0.15, 0.2) is 5.96 Å². The Balaban J connectivity index is 1.98. The fourth-order valence-electron chi connectivity index (χ4n) is 3.84. The summed E-state index contributed by atoms with van der Waals surface area (Å²) in [7, 11) is 2.18. The molecule has 0 bridgehead atoms. The van der Waals surface area contributed by atoms with E-state index in [-0.39, 0.29) is 11.3 Å². The highest BCUT2D eigenvalue weighted by Crippen LogP contribution is 2.36. The minimum Gasteiger partial charge on any atom is -0.357 e. The molecule has 1 saturated heterocycles. The van der Waals surface area contributed by atoms with Gasteiger partial charge in [-0.1, -0.05) is 44.5 Å². The Morgan fingerprint density at radius 2 is 1.97 bits per heavy atom. The van der Waals surface area contributed by atoms with Crippen molar-refractivity contribution in [3.63, 3.8) is 0 Å². The Morgan fingerprint density at radius 1 is 1.23 bits per heavy atom. The number of piperidine rings is 1. The molecule has 1 aliphatic heterocycles. The molecule has 0 aromatic heterocycles. The largest absolute Gasteiger partial charge is 0.357 e. The second-order valence-corrected chi connectivity index (χ2v) is 9.47. The van der Waals surface area contributed by atoms with Crippen molar-refractivity contribution in [2.45, 2.75) is 46.6 Å². The number of benzene rings is 1. The standard InChI is InChI=1S/C23H38ClN5O/c1-6-25-22(27-13-12-26-21(30)23(2,3)4)28-16-18-10-8-14-29(5)20(18)17-9-7-11-19(24)15-17/h7,9,11,15,18,20H,6,8,10,12-14,16H2,1-5H3,(H,26,30)(H2,25,27,28). The summed E-state index contributed by atoms with van der Waals surface area (Å²) < 4.78 is 0. The van der Waals surface area contributed by atoms with E-state index in [0.717, 1.165) is 37.0 Å². The van der Waals surface area contributed by atoms with Gasteiger partial charge in [-0.2, -0.15) is 0 Å². The number of nitrogens with one attached hydrogen (secondary N) is 3. The van der Waals surface area contributed by atoms with Crippen LogP contribution in [-0.2, 0) is 4.79 Å². The van der Waals surface area contributed by atoms with Crippen LogP contribution in [0, 0.1) is 11.3 Å². The van der Waals surface area contributed by atoms with Crippen molar-refractivity contribution in [1.82, 2.24) is 20.9 Å². The zero-order chi connectivity index (χ0) is 22.1. The molecule has 0 saturated carbocycles. The number of carbonyl (C=O) groups excluding carboxylic acids is 1. The monoisotopic (exact) mass is 435 g/mol. The Kier molecular flexibility index (Phi) is 9.43. The number of carbonyl (C=O) groups is 1. The zero-order valence-electron chi connectivity index (χ0n) is 19.1. The number of guanidine groups is 1. The Hall–Kier alpha value is -1.79. The van der Waals surface area contributed by atoms with Gasteiger partial charge in [-0.25, -0.2) is 0 Å². The first-order valence-electron chi connectivity index (χ1n) is 11.0. The molecular formula is C23H38ClN5O. The van der Waals surface area contributed by atoms with Crippen LogP contribution in [0.2, 0.25) is 5.02 Å². The predicted molar refractivity (Wildman–Crippen MR) is 126 cm³/mol. The first-order chi connectivity index (χ1) is 14.2. The van der Waals surface area contributed by atoms with E-state index < -0.39 is 0 Å². The molecule has 30 heavy (non-hydrogen) atoms. The summed E-state index contributed by atoms with van der Waals surface area (Å²) >= 11 is 6.25. The van der Waals surface area contributed by atoms with E-state index in [9.17, 15) is 4.79 Å². The van der Waals surface area contributed by atoms with Crippen molar-refractivity contribution in [3.05, 3.63) is 34.9 Å². The van der Waals surface area contributed by atoms with E-state index in [2.05, 4.69) is 47.0 Å². The van der Waals surface area contributed by atoms with Gasteiger partial charge in [0.1, 0.15) is 0 Å². The highest BCUT2D eigenvalue weighted by atomic mass is 35.5. The molecular weight excluding hydrogens is 398 g/mol. The first-order valence-corrected chi connectivity index (χ1v) is 11.4. The molecule has 1 amide bonds. The minimum absolute atomic E-state index is 0.0563. The third-order valence-corrected chi connectivity index (χ3v) is 5.64. The van der Waals surface area contributed by atoms with Gasteiger partial charge in [0.2, 0.25) is 5.91 Å². The number of amides is 1. The smallest absolute Gasteiger partial charge is 0.225 e. The summed E-state index contributed by atoms with van der Waals surface area (Å²) in [6.45, 7) is 11.6. The lowest BCUT2D eigenvalue weighted by molar-refractivity contribution is -0.128. The Bertz CT molecular complexity index is 716. The molecule has 2 unspecified atom stereocenters. The van der Waals surface area contributed by atoms with Gasteiger partial charge >= 0.3 is 0 Å². The Morgan fingerprint density at radius 3 is 2.63 bits per heavy atom. The topological polar surface area (TPSA) is 68.8 Å². The summed E-state index contributed by atoms with van der Waals surface area (Å²) in [5, 5.41) is 10.4. The maximum Gasteiger partial charge on any atom is 0.225 e. The summed E-state index contributed by atoms with van der Waals surface area (Å²) in [4.78, 5) is 19.3. The fourth-order valence-corrected chi connectivity index (χ4v) is 4.04. The van der Waals surface area contributed by atoms with Gasteiger partial charge in [-0.3, -0.25) is 14.7 Å². The second-order valence-electron chi connectivity index (χ2n) is 9.04. The van der Waals surface area contributed by atoms with E-state index >= 15 is 0 Å². The molecule has 3 N–H and O–H groups in total. The molecule has 0 aliphatic carbocycles. The highest BCUT2D eigenvalue weighted by molar-refractivity contribution is 6.30. The van der Waals surface area contributed by atoms with Crippen molar-refractivity contribution in [2.24, 2.45) is 16.3 Å². The summed E-state index contributed by atoms with van der Waals surface area (Å²) in [5.74, 6) is 1.28. The zero-order valence-corrected chi connectivity index (χ0v) is 19.9. The normalized spacial score (nSPS) is 20.7. The number of aliphatic imine (C=N–C) groups is 1. The van der Waals surface area contributed by atoms with Crippen LogP contribution in [0.3, 0.4) is 0 Å². The summed E-state index contributed by atoms with van der Waals surface area (Å²) in [6, 6.07) is 8.50. The average Bonchev–Trinajstić information content (AvgIpc) is 2.68. The molecule has 7 heteroatoms. The van der Waals surface area contributed by atoms with Crippen LogP contribution in [0.25, 0.3) is 0 Å². The lowest BCUT2D eigenvalue weighted by Crippen LogP contribution is -2.44. The van der Waals surface area contributed by atoms with E-state index in [1.54, 1.807) is 0 Å². The number of hydrogen-bond acceptors (Lipinski definition) is 3. The SMILES string of the molecule is CCNC(=NCC1CCCN(C)C1c1cccc(Cl)c1)NCCNC(=O)C(C)(C)C.